The maximum Gasteiger partial charge on any atom is 0.316 e. The van der Waals surface area contributed by atoms with Gasteiger partial charge in [-0.1, -0.05) is 46.3 Å². The van der Waals surface area contributed by atoms with Crippen molar-refractivity contribution in [2.24, 2.45) is 5.41 Å². The van der Waals surface area contributed by atoms with Gasteiger partial charge in [-0.3, -0.25) is 9.69 Å². The van der Waals surface area contributed by atoms with Gasteiger partial charge in [-0.15, -0.1) is 0 Å². The van der Waals surface area contributed by atoms with Crippen molar-refractivity contribution in [1.29, 1.82) is 0 Å². The number of likely N-dealkylation sites (N-methyl/N-ethyl adjacent to an activating group) is 1. The standard InChI is InChI=1S/C23H23BrN2O2/c1-14-17-6-4-5-7-19(17)26-13-23(22(27)28-3)18(12-25(2)21(23)20(14)26)15-8-10-16(24)11-9-15/h4-11,18,21H,12-13H2,1-3H3. The van der Waals surface area contributed by atoms with E-state index in [9.17, 15) is 4.79 Å². The molecule has 5 heteroatoms. The number of carbonyl (C=O) groups is 1. The molecule has 1 aromatic heterocycles. The van der Waals surface area contributed by atoms with Crippen LogP contribution in [0.3, 0.4) is 0 Å². The van der Waals surface area contributed by atoms with Crippen molar-refractivity contribution in [3.05, 3.63) is 69.8 Å². The average Bonchev–Trinajstić information content (AvgIpc) is 3.30. The van der Waals surface area contributed by atoms with Gasteiger partial charge in [-0.2, -0.15) is 0 Å². The van der Waals surface area contributed by atoms with Crippen LogP contribution in [0.5, 0.6) is 0 Å². The molecule has 3 heterocycles. The zero-order valence-corrected chi connectivity index (χ0v) is 17.9. The number of carbonyl (C=O) groups excluding carboxylic acids is 1. The predicted molar refractivity (Wildman–Crippen MR) is 113 cm³/mol. The van der Waals surface area contributed by atoms with Crippen molar-refractivity contribution in [2.45, 2.75) is 25.4 Å². The van der Waals surface area contributed by atoms with Crippen LogP contribution < -0.4 is 0 Å². The number of para-hydroxylation sites is 1. The lowest BCUT2D eigenvalue weighted by atomic mass is 9.70. The molecule has 0 radical (unpaired) electrons. The summed E-state index contributed by atoms with van der Waals surface area (Å²) in [5.41, 5.74) is 4.32. The Morgan fingerprint density at radius 2 is 1.89 bits per heavy atom. The quantitative estimate of drug-likeness (QED) is 0.545. The molecule has 2 aliphatic rings. The van der Waals surface area contributed by atoms with Gasteiger partial charge in [0.25, 0.3) is 0 Å². The van der Waals surface area contributed by atoms with Gasteiger partial charge in [0, 0.05) is 40.1 Å². The van der Waals surface area contributed by atoms with Gasteiger partial charge in [0.2, 0.25) is 0 Å². The number of ether oxygens (including phenoxy) is 1. The summed E-state index contributed by atoms with van der Waals surface area (Å²) in [6, 6.07) is 16.9. The number of hydrogen-bond acceptors (Lipinski definition) is 3. The number of methoxy groups -OCH3 is 1. The van der Waals surface area contributed by atoms with Crippen molar-refractivity contribution in [3.63, 3.8) is 0 Å². The van der Waals surface area contributed by atoms with E-state index in [1.807, 2.05) is 0 Å². The first kappa shape index (κ1) is 18.0. The second-order valence-electron chi connectivity index (χ2n) is 8.09. The van der Waals surface area contributed by atoms with E-state index in [4.69, 9.17) is 4.74 Å². The fourth-order valence-electron chi connectivity index (χ4n) is 5.68. The topological polar surface area (TPSA) is 34.5 Å². The van der Waals surface area contributed by atoms with Crippen LogP contribution in [0.2, 0.25) is 0 Å². The Balaban J connectivity index is 1.74. The second kappa shape index (κ2) is 6.19. The number of esters is 1. The minimum absolute atomic E-state index is 0.0148. The highest BCUT2D eigenvalue weighted by Crippen LogP contribution is 2.61. The van der Waals surface area contributed by atoms with E-state index in [2.05, 4.69) is 87.9 Å². The largest absolute Gasteiger partial charge is 0.468 e. The number of hydrogen-bond donors (Lipinski definition) is 0. The van der Waals surface area contributed by atoms with E-state index in [0.29, 0.717) is 6.54 Å². The van der Waals surface area contributed by atoms with E-state index in [0.717, 1.165) is 11.0 Å². The number of likely N-dealkylation sites (tertiary alicyclic amines) is 1. The molecule has 0 aliphatic carbocycles. The van der Waals surface area contributed by atoms with Crippen LogP contribution in [0, 0.1) is 12.3 Å². The molecule has 1 saturated heterocycles. The van der Waals surface area contributed by atoms with Crippen LogP contribution in [0.25, 0.3) is 10.9 Å². The van der Waals surface area contributed by atoms with E-state index in [1.165, 1.54) is 34.8 Å². The molecule has 3 aromatic rings. The average molecular weight is 439 g/mol. The second-order valence-corrected chi connectivity index (χ2v) is 9.01. The van der Waals surface area contributed by atoms with Crippen LogP contribution in [-0.4, -0.2) is 36.1 Å². The molecule has 5 rings (SSSR count). The molecule has 0 amide bonds. The molecule has 144 valence electrons. The summed E-state index contributed by atoms with van der Waals surface area (Å²) < 4.78 is 8.83. The number of rotatable bonds is 2. The minimum atomic E-state index is -0.610. The predicted octanol–water partition coefficient (Wildman–Crippen LogP) is 4.66. The van der Waals surface area contributed by atoms with Crippen molar-refractivity contribution in [3.8, 4) is 0 Å². The first-order valence-corrected chi connectivity index (χ1v) is 10.4. The monoisotopic (exact) mass is 438 g/mol. The smallest absolute Gasteiger partial charge is 0.316 e. The van der Waals surface area contributed by atoms with E-state index < -0.39 is 5.41 Å². The van der Waals surface area contributed by atoms with Crippen LogP contribution >= 0.6 is 15.9 Å². The number of aryl methyl sites for hydroxylation is 1. The SMILES string of the molecule is COC(=O)C12Cn3c(c(C)c4ccccc43)C1N(C)CC2c1ccc(Br)cc1. The number of nitrogens with zero attached hydrogens (tertiary/aromatic N) is 2. The van der Waals surface area contributed by atoms with Crippen LogP contribution in [-0.2, 0) is 16.1 Å². The molecule has 0 N–H and O–H groups in total. The third-order valence-corrected chi connectivity index (χ3v) is 7.34. The Bertz CT molecular complexity index is 1090. The lowest BCUT2D eigenvalue weighted by Gasteiger charge is -2.32. The summed E-state index contributed by atoms with van der Waals surface area (Å²) in [6.45, 7) is 3.67. The highest BCUT2D eigenvalue weighted by molar-refractivity contribution is 9.10. The molecule has 1 fully saturated rings. The highest BCUT2D eigenvalue weighted by Gasteiger charge is 2.64. The maximum absolute atomic E-state index is 13.4. The molecule has 3 unspecified atom stereocenters. The maximum atomic E-state index is 13.4. The molecule has 3 atom stereocenters. The normalized spacial score (nSPS) is 26.4. The first-order chi connectivity index (χ1) is 13.5. The lowest BCUT2D eigenvalue weighted by Crippen LogP contribution is -2.40. The van der Waals surface area contributed by atoms with Crippen LogP contribution in [0.4, 0.5) is 0 Å². The van der Waals surface area contributed by atoms with Gasteiger partial charge in [0.1, 0.15) is 5.41 Å². The summed E-state index contributed by atoms with van der Waals surface area (Å²) in [7, 11) is 3.65. The highest BCUT2D eigenvalue weighted by atomic mass is 79.9. The number of aromatic nitrogens is 1. The molecule has 4 nitrogen and oxygen atoms in total. The molecule has 0 bridgehead atoms. The molecule has 0 spiro atoms. The van der Waals surface area contributed by atoms with Crippen LogP contribution in [0.1, 0.15) is 28.8 Å². The number of halogens is 1. The molecule has 0 saturated carbocycles. The summed E-state index contributed by atoms with van der Waals surface area (Å²) in [5, 5.41) is 1.27. The van der Waals surface area contributed by atoms with E-state index in [1.54, 1.807) is 0 Å². The summed E-state index contributed by atoms with van der Waals surface area (Å²) in [6.07, 6.45) is 0. The van der Waals surface area contributed by atoms with Crippen molar-refractivity contribution in [2.75, 3.05) is 20.7 Å². The summed E-state index contributed by atoms with van der Waals surface area (Å²) in [5.74, 6) is -0.0249. The number of benzene rings is 2. The summed E-state index contributed by atoms with van der Waals surface area (Å²) in [4.78, 5) is 15.7. The van der Waals surface area contributed by atoms with Gasteiger partial charge in [-0.25, -0.2) is 0 Å². The Labute approximate surface area is 173 Å². The molecular formula is C23H23BrN2O2. The van der Waals surface area contributed by atoms with Gasteiger partial charge in [0.05, 0.1) is 13.2 Å². The zero-order chi connectivity index (χ0) is 19.6. The van der Waals surface area contributed by atoms with E-state index in [-0.39, 0.29) is 17.9 Å². The van der Waals surface area contributed by atoms with E-state index >= 15 is 0 Å². The Morgan fingerprint density at radius 1 is 1.18 bits per heavy atom. The van der Waals surface area contributed by atoms with Gasteiger partial charge in [0.15, 0.2) is 0 Å². The Hall–Kier alpha value is -2.11. The summed E-state index contributed by atoms with van der Waals surface area (Å²) >= 11 is 3.53. The van der Waals surface area contributed by atoms with Gasteiger partial charge in [-0.05, 0) is 43.3 Å². The zero-order valence-electron chi connectivity index (χ0n) is 16.3. The molecule has 2 aliphatic heterocycles. The third-order valence-electron chi connectivity index (χ3n) is 6.81. The Morgan fingerprint density at radius 3 is 2.61 bits per heavy atom. The first-order valence-electron chi connectivity index (χ1n) is 9.61. The molecule has 28 heavy (non-hydrogen) atoms. The molecular weight excluding hydrogens is 416 g/mol. The van der Waals surface area contributed by atoms with Gasteiger partial charge >= 0.3 is 5.97 Å². The minimum Gasteiger partial charge on any atom is -0.468 e. The fraction of sp³-hybridized carbons (Fsp3) is 0.348. The van der Waals surface area contributed by atoms with Gasteiger partial charge < -0.3 is 9.30 Å². The fourth-order valence-corrected chi connectivity index (χ4v) is 5.94. The van der Waals surface area contributed by atoms with Crippen molar-refractivity contribution < 1.29 is 9.53 Å². The third kappa shape index (κ3) is 2.17. The van der Waals surface area contributed by atoms with Crippen LogP contribution in [0.15, 0.2) is 53.0 Å². The lowest BCUT2D eigenvalue weighted by molar-refractivity contribution is -0.155. The van der Waals surface area contributed by atoms with Crippen molar-refractivity contribution in [1.82, 2.24) is 9.47 Å². The Kier molecular flexibility index (Phi) is 3.97. The molecule has 2 aromatic carbocycles. The van der Waals surface area contributed by atoms with Crippen molar-refractivity contribution >= 4 is 32.8 Å². The number of fused-ring (bicyclic) bond motifs is 5.